The average molecular weight is 389 g/mol. The van der Waals surface area contributed by atoms with Gasteiger partial charge >= 0.3 is 5.97 Å². The van der Waals surface area contributed by atoms with Gasteiger partial charge in [0.1, 0.15) is 0 Å². The molecule has 3 aromatic rings. The number of benzene rings is 2. The third kappa shape index (κ3) is 3.42. The third-order valence-electron chi connectivity index (χ3n) is 5.66. The van der Waals surface area contributed by atoms with Crippen molar-refractivity contribution >= 4 is 11.9 Å². The fourth-order valence-electron chi connectivity index (χ4n) is 4.19. The number of aliphatic carboxylic acids is 1. The summed E-state index contributed by atoms with van der Waals surface area (Å²) in [5.74, 6) is -1.87. The molecule has 1 amide bonds. The molecule has 0 bridgehead atoms. The monoisotopic (exact) mass is 389 g/mol. The second-order valence-corrected chi connectivity index (χ2v) is 7.47. The highest BCUT2D eigenvalue weighted by molar-refractivity contribution is 5.97. The maximum Gasteiger partial charge on any atom is 0.308 e. The van der Waals surface area contributed by atoms with Gasteiger partial charge in [0.2, 0.25) is 0 Å². The zero-order chi connectivity index (χ0) is 20.5. The zero-order valence-electron chi connectivity index (χ0n) is 16.4. The Balaban J connectivity index is 1.65. The van der Waals surface area contributed by atoms with Gasteiger partial charge in [-0.05, 0) is 31.5 Å². The van der Waals surface area contributed by atoms with Crippen molar-refractivity contribution in [1.29, 1.82) is 0 Å². The van der Waals surface area contributed by atoms with Gasteiger partial charge in [-0.1, -0.05) is 48.5 Å². The van der Waals surface area contributed by atoms with E-state index in [1.54, 1.807) is 9.58 Å². The Bertz CT molecular complexity index is 1040. The molecule has 2 aromatic carbocycles. The number of rotatable bonds is 4. The molecular weight excluding hydrogens is 366 g/mol. The van der Waals surface area contributed by atoms with Gasteiger partial charge in [0.15, 0.2) is 0 Å². The van der Waals surface area contributed by atoms with Gasteiger partial charge < -0.3 is 10.0 Å². The van der Waals surface area contributed by atoms with Crippen LogP contribution >= 0.6 is 0 Å². The van der Waals surface area contributed by atoms with E-state index < -0.39 is 11.9 Å². The van der Waals surface area contributed by atoms with E-state index in [4.69, 9.17) is 0 Å². The fraction of sp³-hybridized carbons (Fsp3) is 0.261. The van der Waals surface area contributed by atoms with Crippen LogP contribution in [0.2, 0.25) is 0 Å². The average Bonchev–Trinajstić information content (AvgIpc) is 3.31. The zero-order valence-corrected chi connectivity index (χ0v) is 16.4. The fourth-order valence-corrected chi connectivity index (χ4v) is 4.19. The summed E-state index contributed by atoms with van der Waals surface area (Å²) in [6.45, 7) is 4.27. The van der Waals surface area contributed by atoms with Crippen LogP contribution in [0.4, 0.5) is 0 Å². The first-order valence-corrected chi connectivity index (χ1v) is 9.66. The summed E-state index contributed by atoms with van der Waals surface area (Å²) >= 11 is 0. The number of carboxylic acid groups (broad SMARTS) is 1. The number of para-hydroxylation sites is 1. The van der Waals surface area contributed by atoms with E-state index in [0.29, 0.717) is 17.8 Å². The van der Waals surface area contributed by atoms with Crippen LogP contribution in [-0.4, -0.2) is 44.8 Å². The summed E-state index contributed by atoms with van der Waals surface area (Å²) in [6.07, 6.45) is 0. The van der Waals surface area contributed by atoms with E-state index in [1.165, 1.54) is 0 Å². The van der Waals surface area contributed by atoms with Crippen molar-refractivity contribution in [1.82, 2.24) is 14.7 Å². The van der Waals surface area contributed by atoms with Crippen molar-refractivity contribution in [2.45, 2.75) is 19.8 Å². The van der Waals surface area contributed by atoms with Crippen LogP contribution in [0.25, 0.3) is 5.69 Å². The lowest BCUT2D eigenvalue weighted by molar-refractivity contribution is -0.141. The van der Waals surface area contributed by atoms with Gasteiger partial charge in [0, 0.05) is 19.0 Å². The van der Waals surface area contributed by atoms with E-state index in [-0.39, 0.29) is 18.4 Å². The van der Waals surface area contributed by atoms with Crippen LogP contribution in [-0.2, 0) is 4.79 Å². The Labute approximate surface area is 169 Å². The minimum Gasteiger partial charge on any atom is -0.481 e. The third-order valence-corrected chi connectivity index (χ3v) is 5.66. The Morgan fingerprint density at radius 2 is 1.59 bits per heavy atom. The number of hydrogen-bond donors (Lipinski definition) is 1. The molecule has 0 saturated carbocycles. The predicted octanol–water partition coefficient (Wildman–Crippen LogP) is 3.43. The highest BCUT2D eigenvalue weighted by Gasteiger charge is 2.41. The van der Waals surface area contributed by atoms with Crippen molar-refractivity contribution in [3.05, 3.63) is 83.2 Å². The molecule has 6 heteroatoms. The molecule has 1 aromatic heterocycles. The number of carbonyl (C=O) groups excluding carboxylic acids is 1. The molecule has 4 rings (SSSR count). The molecule has 1 fully saturated rings. The quantitative estimate of drug-likeness (QED) is 0.742. The predicted molar refractivity (Wildman–Crippen MR) is 109 cm³/mol. The Morgan fingerprint density at radius 3 is 2.21 bits per heavy atom. The van der Waals surface area contributed by atoms with E-state index >= 15 is 0 Å². The van der Waals surface area contributed by atoms with Crippen molar-refractivity contribution in [3.8, 4) is 5.69 Å². The number of aryl methyl sites for hydroxylation is 1. The number of likely N-dealkylation sites (tertiary alicyclic amines) is 1. The lowest BCUT2D eigenvalue weighted by Gasteiger charge is -2.17. The standard InChI is InChI=1S/C23H23N3O3/c1-15-21(16(2)26(24-15)18-11-7-4-8-12-18)22(27)25-13-19(20(14-25)23(28)29)17-9-5-3-6-10-17/h3-12,19-20H,13-14H2,1-2H3,(H,28,29). The molecule has 2 unspecified atom stereocenters. The van der Waals surface area contributed by atoms with Crippen molar-refractivity contribution in [2.75, 3.05) is 13.1 Å². The number of aromatic nitrogens is 2. The molecule has 2 heterocycles. The van der Waals surface area contributed by atoms with Crippen LogP contribution < -0.4 is 0 Å². The summed E-state index contributed by atoms with van der Waals surface area (Å²) in [4.78, 5) is 26.9. The molecule has 0 spiro atoms. The van der Waals surface area contributed by atoms with Crippen molar-refractivity contribution in [2.24, 2.45) is 5.92 Å². The molecule has 0 aliphatic carbocycles. The largest absolute Gasteiger partial charge is 0.481 e. The first-order chi connectivity index (χ1) is 14.0. The summed E-state index contributed by atoms with van der Waals surface area (Å²) in [5.41, 5.74) is 3.79. The topological polar surface area (TPSA) is 75.4 Å². The van der Waals surface area contributed by atoms with E-state index in [9.17, 15) is 14.7 Å². The number of nitrogens with zero attached hydrogens (tertiary/aromatic N) is 3. The molecule has 0 radical (unpaired) electrons. The summed E-state index contributed by atoms with van der Waals surface area (Å²) in [7, 11) is 0. The first-order valence-electron chi connectivity index (χ1n) is 9.66. The van der Waals surface area contributed by atoms with E-state index in [1.807, 2.05) is 74.5 Å². The Hall–Kier alpha value is -3.41. The molecule has 1 aliphatic heterocycles. The molecule has 1 N–H and O–H groups in total. The maximum atomic E-state index is 13.4. The van der Waals surface area contributed by atoms with Crippen molar-refractivity contribution in [3.63, 3.8) is 0 Å². The lowest BCUT2D eigenvalue weighted by Crippen LogP contribution is -2.30. The highest BCUT2D eigenvalue weighted by Crippen LogP contribution is 2.34. The van der Waals surface area contributed by atoms with Crippen LogP contribution in [0, 0.1) is 19.8 Å². The minimum atomic E-state index is -0.873. The number of hydrogen-bond acceptors (Lipinski definition) is 3. The molecule has 6 nitrogen and oxygen atoms in total. The number of carboxylic acids is 1. The Kier molecular flexibility index (Phi) is 4.92. The molecular formula is C23H23N3O3. The second kappa shape index (κ2) is 7.54. The van der Waals surface area contributed by atoms with Gasteiger partial charge in [-0.3, -0.25) is 9.59 Å². The molecule has 29 heavy (non-hydrogen) atoms. The van der Waals surface area contributed by atoms with Crippen LogP contribution in [0.5, 0.6) is 0 Å². The van der Waals surface area contributed by atoms with Crippen LogP contribution in [0.3, 0.4) is 0 Å². The normalized spacial score (nSPS) is 18.8. The number of carbonyl (C=O) groups is 2. The van der Waals surface area contributed by atoms with Gasteiger partial charge in [0.25, 0.3) is 5.91 Å². The van der Waals surface area contributed by atoms with Gasteiger partial charge in [-0.15, -0.1) is 0 Å². The molecule has 1 aliphatic rings. The van der Waals surface area contributed by atoms with Gasteiger partial charge in [-0.2, -0.15) is 5.10 Å². The van der Waals surface area contributed by atoms with Crippen LogP contribution in [0.1, 0.15) is 33.2 Å². The van der Waals surface area contributed by atoms with E-state index in [0.717, 1.165) is 16.9 Å². The molecule has 1 saturated heterocycles. The maximum absolute atomic E-state index is 13.4. The van der Waals surface area contributed by atoms with E-state index in [2.05, 4.69) is 5.10 Å². The first kappa shape index (κ1) is 18.9. The van der Waals surface area contributed by atoms with Gasteiger partial charge in [0.05, 0.1) is 28.6 Å². The van der Waals surface area contributed by atoms with Gasteiger partial charge in [-0.25, -0.2) is 4.68 Å². The highest BCUT2D eigenvalue weighted by atomic mass is 16.4. The summed E-state index contributed by atoms with van der Waals surface area (Å²) in [5, 5.41) is 14.3. The summed E-state index contributed by atoms with van der Waals surface area (Å²) < 4.78 is 1.77. The molecule has 148 valence electrons. The molecule has 2 atom stereocenters. The minimum absolute atomic E-state index is 0.160. The Morgan fingerprint density at radius 1 is 0.966 bits per heavy atom. The smallest absolute Gasteiger partial charge is 0.308 e. The second-order valence-electron chi connectivity index (χ2n) is 7.47. The van der Waals surface area contributed by atoms with Crippen molar-refractivity contribution < 1.29 is 14.7 Å². The number of amides is 1. The SMILES string of the molecule is Cc1nn(-c2ccccc2)c(C)c1C(=O)N1CC(C(=O)O)C(c2ccccc2)C1. The lowest BCUT2D eigenvalue weighted by atomic mass is 9.89. The summed E-state index contributed by atoms with van der Waals surface area (Å²) in [6, 6.07) is 19.2. The van der Waals surface area contributed by atoms with Crippen LogP contribution in [0.15, 0.2) is 60.7 Å².